The standard InChI is InChI=1S/C2H5O.Na.H2O4S/c1-2-3;;1-5(2,3)4/h2H2,1H3;;(H2,1,2,3,4)/q-1;+1;. The second kappa shape index (κ2) is 8.83. The van der Waals surface area contributed by atoms with Gasteiger partial charge in [-0.1, -0.05) is 6.92 Å². The predicted octanol–water partition coefficient (Wildman–Crippen LogP) is -4.28. The van der Waals surface area contributed by atoms with Crippen molar-refractivity contribution in [2.24, 2.45) is 0 Å². The van der Waals surface area contributed by atoms with Crippen molar-refractivity contribution in [3.8, 4) is 0 Å². The first kappa shape index (κ1) is 16.4. The van der Waals surface area contributed by atoms with Crippen molar-refractivity contribution >= 4 is 10.4 Å². The van der Waals surface area contributed by atoms with Crippen LogP contribution in [0.1, 0.15) is 6.92 Å². The molecule has 0 fully saturated rings. The van der Waals surface area contributed by atoms with Crippen LogP contribution in [0.15, 0.2) is 0 Å². The Bertz CT molecular complexity index is 109. The molecule has 52 valence electrons. The van der Waals surface area contributed by atoms with Crippen LogP contribution in [0.2, 0.25) is 0 Å². The number of rotatable bonds is 0. The van der Waals surface area contributed by atoms with Gasteiger partial charge in [-0.15, -0.1) is 6.61 Å². The molecule has 0 aromatic rings. The molecule has 0 saturated heterocycles. The molecular weight excluding hydrogens is 159 g/mol. The van der Waals surface area contributed by atoms with E-state index in [1.54, 1.807) is 6.92 Å². The Morgan fingerprint density at radius 2 is 1.44 bits per heavy atom. The summed E-state index contributed by atoms with van der Waals surface area (Å²) >= 11 is 0. The summed E-state index contributed by atoms with van der Waals surface area (Å²) in [4.78, 5) is 0. The van der Waals surface area contributed by atoms with Crippen LogP contribution in [0.3, 0.4) is 0 Å². The summed E-state index contributed by atoms with van der Waals surface area (Å²) in [5, 5.41) is 8.93. The van der Waals surface area contributed by atoms with Crippen molar-refractivity contribution in [1.29, 1.82) is 0 Å². The second-order valence-electron chi connectivity index (χ2n) is 0.737. The summed E-state index contributed by atoms with van der Waals surface area (Å²) < 4.78 is 31.6. The average Bonchev–Trinajstić information content (AvgIpc) is 1.27. The molecule has 0 unspecified atom stereocenters. The molecule has 2 N–H and O–H groups in total. The van der Waals surface area contributed by atoms with Crippen LogP contribution in [-0.4, -0.2) is 24.1 Å². The first-order valence-corrected chi connectivity index (χ1v) is 3.09. The zero-order valence-corrected chi connectivity index (χ0v) is 8.05. The van der Waals surface area contributed by atoms with E-state index in [1.165, 1.54) is 0 Å². The van der Waals surface area contributed by atoms with Gasteiger partial charge in [-0.3, -0.25) is 9.11 Å². The SMILES string of the molecule is CC[O-].O=S(=O)(O)O.[Na+]. The Labute approximate surface area is 75.9 Å². The molecule has 0 aliphatic carbocycles. The summed E-state index contributed by atoms with van der Waals surface area (Å²) in [7, 11) is -4.67. The maximum absolute atomic E-state index is 8.93. The molecule has 5 nitrogen and oxygen atoms in total. The quantitative estimate of drug-likeness (QED) is 0.280. The summed E-state index contributed by atoms with van der Waals surface area (Å²) in [5.74, 6) is 0. The monoisotopic (exact) mass is 166 g/mol. The average molecular weight is 166 g/mol. The van der Waals surface area contributed by atoms with Gasteiger partial charge in [0.1, 0.15) is 0 Å². The zero-order chi connectivity index (χ0) is 7.21. The van der Waals surface area contributed by atoms with E-state index >= 15 is 0 Å². The molecule has 0 saturated carbocycles. The van der Waals surface area contributed by atoms with E-state index in [1.807, 2.05) is 0 Å². The molecule has 0 amide bonds. The Morgan fingerprint density at radius 3 is 1.44 bits per heavy atom. The van der Waals surface area contributed by atoms with Gasteiger partial charge in [-0.2, -0.15) is 8.42 Å². The van der Waals surface area contributed by atoms with Gasteiger partial charge in [-0.05, 0) is 0 Å². The van der Waals surface area contributed by atoms with Gasteiger partial charge in [0.15, 0.2) is 0 Å². The van der Waals surface area contributed by atoms with Gasteiger partial charge in [0, 0.05) is 0 Å². The van der Waals surface area contributed by atoms with Crippen molar-refractivity contribution in [2.45, 2.75) is 6.92 Å². The van der Waals surface area contributed by atoms with Crippen molar-refractivity contribution in [2.75, 3.05) is 6.61 Å². The van der Waals surface area contributed by atoms with E-state index in [9.17, 15) is 0 Å². The molecule has 0 rings (SSSR count). The summed E-state index contributed by atoms with van der Waals surface area (Å²) in [6.07, 6.45) is 0. The molecule has 0 heterocycles. The van der Waals surface area contributed by atoms with Crippen LogP contribution in [-0.2, 0) is 10.4 Å². The summed E-state index contributed by atoms with van der Waals surface area (Å²) in [6.45, 7) is 1.57. The minimum Gasteiger partial charge on any atom is -0.855 e. The van der Waals surface area contributed by atoms with Crippen LogP contribution in [0.5, 0.6) is 0 Å². The maximum atomic E-state index is 8.93. The number of hydrogen-bond donors (Lipinski definition) is 2. The largest absolute Gasteiger partial charge is 1.00 e. The van der Waals surface area contributed by atoms with Gasteiger partial charge < -0.3 is 5.11 Å². The normalized spacial score (nSPS) is 8.44. The van der Waals surface area contributed by atoms with Crippen LogP contribution in [0.4, 0.5) is 0 Å². The first-order valence-electron chi connectivity index (χ1n) is 1.69. The fraction of sp³-hybridized carbons (Fsp3) is 1.00. The van der Waals surface area contributed by atoms with E-state index in [-0.39, 0.29) is 36.2 Å². The summed E-state index contributed by atoms with van der Waals surface area (Å²) in [6, 6.07) is 0. The third kappa shape index (κ3) is 598. The van der Waals surface area contributed by atoms with Crippen LogP contribution in [0.25, 0.3) is 0 Å². The molecule has 0 aliphatic rings. The Morgan fingerprint density at radius 1 is 1.44 bits per heavy atom. The fourth-order valence-corrected chi connectivity index (χ4v) is 0. The zero-order valence-electron chi connectivity index (χ0n) is 5.23. The molecular formula is C2H7NaO5S. The van der Waals surface area contributed by atoms with Gasteiger partial charge >= 0.3 is 40.0 Å². The number of hydrogen-bond acceptors (Lipinski definition) is 3. The Balaban J connectivity index is -0.0000000800. The third-order valence-electron chi connectivity index (χ3n) is 0. The molecule has 0 atom stereocenters. The van der Waals surface area contributed by atoms with E-state index in [2.05, 4.69) is 0 Å². The minimum atomic E-state index is -4.67. The first-order chi connectivity index (χ1) is 3.41. The van der Waals surface area contributed by atoms with Crippen molar-refractivity contribution in [3.05, 3.63) is 0 Å². The topological polar surface area (TPSA) is 97.7 Å². The molecule has 7 heteroatoms. The van der Waals surface area contributed by atoms with Crippen molar-refractivity contribution < 1.29 is 52.2 Å². The molecule has 9 heavy (non-hydrogen) atoms. The van der Waals surface area contributed by atoms with Gasteiger partial charge in [0.05, 0.1) is 0 Å². The van der Waals surface area contributed by atoms with Crippen LogP contribution in [0, 0.1) is 0 Å². The smallest absolute Gasteiger partial charge is 0.855 e. The fourth-order valence-electron chi connectivity index (χ4n) is 0. The molecule has 0 bridgehead atoms. The van der Waals surface area contributed by atoms with E-state index in [0.29, 0.717) is 0 Å². The van der Waals surface area contributed by atoms with Gasteiger partial charge in [0.2, 0.25) is 0 Å². The predicted molar refractivity (Wildman–Crippen MR) is 24.7 cm³/mol. The van der Waals surface area contributed by atoms with E-state index in [0.717, 1.165) is 0 Å². The molecule has 0 radical (unpaired) electrons. The van der Waals surface area contributed by atoms with E-state index in [4.69, 9.17) is 22.6 Å². The Kier molecular flexibility index (Phi) is 16.1. The van der Waals surface area contributed by atoms with Crippen molar-refractivity contribution in [1.82, 2.24) is 0 Å². The molecule has 0 aromatic heterocycles. The maximum Gasteiger partial charge on any atom is 1.00 e. The van der Waals surface area contributed by atoms with Crippen LogP contribution >= 0.6 is 0 Å². The van der Waals surface area contributed by atoms with Gasteiger partial charge in [0.25, 0.3) is 0 Å². The Hall–Kier alpha value is 0.830. The van der Waals surface area contributed by atoms with Gasteiger partial charge in [-0.25, -0.2) is 0 Å². The van der Waals surface area contributed by atoms with Crippen molar-refractivity contribution in [3.63, 3.8) is 0 Å². The van der Waals surface area contributed by atoms with Crippen LogP contribution < -0.4 is 34.7 Å². The third-order valence-corrected chi connectivity index (χ3v) is 0. The molecule has 0 aliphatic heterocycles. The minimum absolute atomic E-state index is 0. The van der Waals surface area contributed by atoms with E-state index < -0.39 is 10.4 Å². The molecule has 0 spiro atoms. The molecule has 0 aromatic carbocycles. The second-order valence-corrected chi connectivity index (χ2v) is 1.63. The summed E-state index contributed by atoms with van der Waals surface area (Å²) in [5.41, 5.74) is 0.